The Labute approximate surface area is 174 Å². The number of amides is 1. The van der Waals surface area contributed by atoms with Gasteiger partial charge in [0.1, 0.15) is 15.8 Å². The molecule has 0 N–H and O–H groups in total. The van der Waals surface area contributed by atoms with E-state index in [1.807, 2.05) is 50.3 Å². The molecule has 5 nitrogen and oxygen atoms in total. The largest absolute Gasteiger partial charge is 0.494 e. The average molecular weight is 418 g/mol. The monoisotopic (exact) mass is 417 g/mol. The predicted molar refractivity (Wildman–Crippen MR) is 118 cm³/mol. The molecular weight excluding hydrogens is 394 g/mol. The first-order valence-corrected chi connectivity index (χ1v) is 10.4. The average Bonchev–Trinajstić information content (AvgIpc) is 2.95. The standard InChI is InChI=1S/C21H23NO4S2/c1-4-25-15-8-6-14-7-9-18(26-5-2)17(16(14)12-15)13-19-20(23)22(10-11-24-3)21(27)28-19/h6-9,12-13H,4-5,10-11H2,1-3H3. The van der Waals surface area contributed by atoms with Crippen LogP contribution in [0.3, 0.4) is 0 Å². The van der Waals surface area contributed by atoms with E-state index in [-0.39, 0.29) is 5.91 Å². The zero-order valence-electron chi connectivity index (χ0n) is 16.2. The molecule has 1 amide bonds. The number of thioether (sulfide) groups is 1. The lowest BCUT2D eigenvalue weighted by Gasteiger charge is -2.14. The van der Waals surface area contributed by atoms with E-state index in [2.05, 4.69) is 0 Å². The maximum atomic E-state index is 12.8. The van der Waals surface area contributed by atoms with Crippen molar-refractivity contribution in [2.45, 2.75) is 13.8 Å². The van der Waals surface area contributed by atoms with Crippen LogP contribution in [0.4, 0.5) is 0 Å². The molecule has 0 bridgehead atoms. The molecule has 1 saturated heterocycles. The maximum absolute atomic E-state index is 12.8. The van der Waals surface area contributed by atoms with Crippen LogP contribution in [0, 0.1) is 0 Å². The predicted octanol–water partition coefficient (Wildman–Crippen LogP) is 4.48. The number of rotatable bonds is 8. The van der Waals surface area contributed by atoms with Crippen molar-refractivity contribution in [2.24, 2.45) is 0 Å². The second kappa shape index (κ2) is 9.41. The zero-order valence-corrected chi connectivity index (χ0v) is 17.8. The number of thiocarbonyl (C=S) groups is 1. The van der Waals surface area contributed by atoms with Gasteiger partial charge in [-0.2, -0.15) is 0 Å². The number of hydrogen-bond donors (Lipinski definition) is 0. The Kier molecular flexibility index (Phi) is 6.93. The molecule has 148 valence electrons. The number of fused-ring (bicyclic) bond motifs is 1. The van der Waals surface area contributed by atoms with Gasteiger partial charge in [0.05, 0.1) is 31.3 Å². The summed E-state index contributed by atoms with van der Waals surface area (Å²) in [5.41, 5.74) is 0.855. The molecular formula is C21H23NO4S2. The lowest BCUT2D eigenvalue weighted by molar-refractivity contribution is -0.122. The van der Waals surface area contributed by atoms with Gasteiger partial charge in [0.2, 0.25) is 0 Å². The van der Waals surface area contributed by atoms with Crippen LogP contribution in [0.5, 0.6) is 11.5 Å². The first kappa shape index (κ1) is 20.6. The van der Waals surface area contributed by atoms with Gasteiger partial charge in [0, 0.05) is 12.7 Å². The van der Waals surface area contributed by atoms with E-state index >= 15 is 0 Å². The highest BCUT2D eigenvalue weighted by Gasteiger charge is 2.32. The van der Waals surface area contributed by atoms with Gasteiger partial charge in [0.25, 0.3) is 5.91 Å². The van der Waals surface area contributed by atoms with Gasteiger partial charge in [-0.3, -0.25) is 9.69 Å². The Morgan fingerprint density at radius 1 is 1.14 bits per heavy atom. The fraction of sp³-hybridized carbons (Fsp3) is 0.333. The van der Waals surface area contributed by atoms with E-state index in [1.165, 1.54) is 11.8 Å². The molecule has 0 spiro atoms. The third-order valence-electron chi connectivity index (χ3n) is 4.27. The summed E-state index contributed by atoms with van der Waals surface area (Å²) in [6.07, 6.45) is 1.87. The number of methoxy groups -OCH3 is 1. The van der Waals surface area contributed by atoms with Crippen molar-refractivity contribution in [1.82, 2.24) is 4.90 Å². The van der Waals surface area contributed by atoms with Gasteiger partial charge in [-0.25, -0.2) is 0 Å². The lowest BCUT2D eigenvalue weighted by Crippen LogP contribution is -2.31. The molecule has 3 rings (SSSR count). The highest BCUT2D eigenvalue weighted by Crippen LogP contribution is 2.37. The first-order valence-electron chi connectivity index (χ1n) is 9.15. The molecule has 1 fully saturated rings. The van der Waals surface area contributed by atoms with Gasteiger partial charge < -0.3 is 14.2 Å². The van der Waals surface area contributed by atoms with E-state index in [1.54, 1.807) is 12.0 Å². The van der Waals surface area contributed by atoms with Crippen molar-refractivity contribution in [3.63, 3.8) is 0 Å². The van der Waals surface area contributed by atoms with Crippen LogP contribution in [0.2, 0.25) is 0 Å². The minimum atomic E-state index is -0.104. The van der Waals surface area contributed by atoms with Gasteiger partial charge in [-0.05, 0) is 48.9 Å². The van der Waals surface area contributed by atoms with Crippen molar-refractivity contribution in [1.29, 1.82) is 0 Å². The van der Waals surface area contributed by atoms with Gasteiger partial charge in [-0.1, -0.05) is 36.1 Å². The first-order chi connectivity index (χ1) is 13.6. The second-order valence-corrected chi connectivity index (χ2v) is 7.73. The minimum Gasteiger partial charge on any atom is -0.494 e. The Morgan fingerprint density at radius 2 is 1.89 bits per heavy atom. The van der Waals surface area contributed by atoms with Crippen LogP contribution in [0.25, 0.3) is 16.8 Å². The van der Waals surface area contributed by atoms with Crippen molar-refractivity contribution in [3.8, 4) is 11.5 Å². The number of benzene rings is 2. The fourth-order valence-corrected chi connectivity index (χ4v) is 4.29. The topological polar surface area (TPSA) is 48.0 Å². The van der Waals surface area contributed by atoms with E-state index in [9.17, 15) is 4.79 Å². The van der Waals surface area contributed by atoms with Crippen LogP contribution < -0.4 is 9.47 Å². The van der Waals surface area contributed by atoms with Crippen molar-refractivity contribution in [2.75, 3.05) is 33.5 Å². The van der Waals surface area contributed by atoms with Crippen LogP contribution >= 0.6 is 24.0 Å². The summed E-state index contributed by atoms with van der Waals surface area (Å²) in [6.45, 7) is 5.90. The Bertz CT molecular complexity index is 921. The molecule has 0 radical (unpaired) electrons. The molecule has 1 aliphatic heterocycles. The lowest BCUT2D eigenvalue weighted by atomic mass is 10.0. The molecule has 0 atom stereocenters. The van der Waals surface area contributed by atoms with Gasteiger partial charge in [0.15, 0.2) is 0 Å². The van der Waals surface area contributed by atoms with Crippen LogP contribution in [-0.2, 0) is 9.53 Å². The molecule has 2 aromatic rings. The Morgan fingerprint density at radius 3 is 2.61 bits per heavy atom. The summed E-state index contributed by atoms with van der Waals surface area (Å²) < 4.78 is 17.1. The van der Waals surface area contributed by atoms with Gasteiger partial charge >= 0.3 is 0 Å². The fourth-order valence-electron chi connectivity index (χ4n) is 3.00. The number of ether oxygens (including phenoxy) is 3. The molecule has 7 heteroatoms. The molecule has 0 aliphatic carbocycles. The van der Waals surface area contributed by atoms with Crippen molar-refractivity contribution < 1.29 is 19.0 Å². The second-order valence-electron chi connectivity index (χ2n) is 6.05. The summed E-state index contributed by atoms with van der Waals surface area (Å²) in [5, 5.41) is 2.02. The smallest absolute Gasteiger partial charge is 0.266 e. The zero-order chi connectivity index (χ0) is 20.1. The molecule has 2 aromatic carbocycles. The van der Waals surface area contributed by atoms with E-state index in [4.69, 9.17) is 26.4 Å². The van der Waals surface area contributed by atoms with Crippen LogP contribution in [0.15, 0.2) is 35.2 Å². The van der Waals surface area contributed by atoms with E-state index in [0.717, 1.165) is 27.8 Å². The summed E-state index contributed by atoms with van der Waals surface area (Å²) in [7, 11) is 1.61. The molecule has 28 heavy (non-hydrogen) atoms. The van der Waals surface area contributed by atoms with Crippen LogP contribution in [0.1, 0.15) is 19.4 Å². The Balaban J connectivity index is 2.08. The number of hydrogen-bond acceptors (Lipinski definition) is 6. The molecule has 1 aliphatic rings. The molecule has 0 unspecified atom stereocenters. The number of carbonyl (C=O) groups is 1. The van der Waals surface area contributed by atoms with E-state index < -0.39 is 0 Å². The summed E-state index contributed by atoms with van der Waals surface area (Å²) in [4.78, 5) is 15.0. The summed E-state index contributed by atoms with van der Waals surface area (Å²) >= 11 is 6.68. The third-order valence-corrected chi connectivity index (χ3v) is 5.65. The number of carbonyl (C=O) groups excluding carboxylic acids is 1. The van der Waals surface area contributed by atoms with Crippen molar-refractivity contribution >= 4 is 51.1 Å². The summed E-state index contributed by atoms with van der Waals surface area (Å²) in [6, 6.07) is 9.89. The van der Waals surface area contributed by atoms with Gasteiger partial charge in [-0.15, -0.1) is 0 Å². The highest BCUT2D eigenvalue weighted by molar-refractivity contribution is 8.26. The normalized spacial score (nSPS) is 15.7. The third kappa shape index (κ3) is 4.32. The quantitative estimate of drug-likeness (QED) is 0.466. The van der Waals surface area contributed by atoms with Crippen molar-refractivity contribution in [3.05, 3.63) is 40.8 Å². The maximum Gasteiger partial charge on any atom is 0.266 e. The Hall–Kier alpha value is -2.09. The highest BCUT2D eigenvalue weighted by atomic mass is 32.2. The SMILES string of the molecule is CCOc1ccc2ccc(OCC)c(C=C3SC(=S)N(CCOC)C3=O)c2c1. The molecule has 0 saturated carbocycles. The number of nitrogens with zero attached hydrogens (tertiary/aromatic N) is 1. The minimum absolute atomic E-state index is 0.104. The summed E-state index contributed by atoms with van der Waals surface area (Å²) in [5.74, 6) is 1.41. The van der Waals surface area contributed by atoms with E-state index in [0.29, 0.717) is 35.6 Å². The molecule has 1 heterocycles. The van der Waals surface area contributed by atoms with Crippen LogP contribution in [-0.4, -0.2) is 48.6 Å². The molecule has 0 aromatic heterocycles.